The second-order valence-electron chi connectivity index (χ2n) is 6.64. The molecular formula is C21H22ClN5O3. The molecule has 0 bridgehead atoms. The fraction of sp³-hybridized carbons (Fsp3) is 0.286. The molecule has 0 amide bonds. The quantitative estimate of drug-likeness (QED) is 0.442. The van der Waals surface area contributed by atoms with E-state index in [-0.39, 0.29) is 5.38 Å². The zero-order valence-corrected chi connectivity index (χ0v) is 17.9. The summed E-state index contributed by atoms with van der Waals surface area (Å²) in [6.07, 6.45) is 0. The number of fused-ring (bicyclic) bond motifs is 3. The third-order valence-electron chi connectivity index (χ3n) is 4.79. The van der Waals surface area contributed by atoms with Crippen molar-refractivity contribution in [3.63, 3.8) is 0 Å². The Bertz CT molecular complexity index is 1210. The summed E-state index contributed by atoms with van der Waals surface area (Å²) in [5.74, 6) is 3.15. The molecule has 0 fully saturated rings. The van der Waals surface area contributed by atoms with Gasteiger partial charge in [0.15, 0.2) is 11.5 Å². The van der Waals surface area contributed by atoms with Crippen LogP contribution in [0.3, 0.4) is 0 Å². The predicted molar refractivity (Wildman–Crippen MR) is 116 cm³/mol. The summed E-state index contributed by atoms with van der Waals surface area (Å²) >= 11 is 6.25. The van der Waals surface area contributed by atoms with Crippen LogP contribution in [0.4, 0.5) is 5.95 Å². The number of methoxy groups -OCH3 is 3. The van der Waals surface area contributed by atoms with E-state index in [0.717, 1.165) is 16.7 Å². The number of rotatable bonds is 7. The number of ether oxygens (including phenoxy) is 3. The number of para-hydroxylation sites is 1. The van der Waals surface area contributed by atoms with Crippen LogP contribution in [0.25, 0.3) is 16.6 Å². The first-order chi connectivity index (χ1) is 14.5. The molecule has 0 saturated carbocycles. The van der Waals surface area contributed by atoms with E-state index in [4.69, 9.17) is 30.8 Å². The molecule has 2 aromatic carbocycles. The first-order valence-corrected chi connectivity index (χ1v) is 9.81. The van der Waals surface area contributed by atoms with Gasteiger partial charge in [0.1, 0.15) is 22.8 Å². The average Bonchev–Trinajstić information content (AvgIpc) is 3.23. The summed E-state index contributed by atoms with van der Waals surface area (Å²) in [5, 5.41) is 8.40. The van der Waals surface area contributed by atoms with Gasteiger partial charge in [-0.3, -0.25) is 0 Å². The Labute approximate surface area is 178 Å². The van der Waals surface area contributed by atoms with Crippen LogP contribution < -0.4 is 19.5 Å². The minimum atomic E-state index is -0.333. The molecule has 156 valence electrons. The maximum absolute atomic E-state index is 6.25. The van der Waals surface area contributed by atoms with E-state index in [9.17, 15) is 0 Å². The molecule has 4 rings (SSSR count). The van der Waals surface area contributed by atoms with Crippen LogP contribution in [0.2, 0.25) is 0 Å². The van der Waals surface area contributed by atoms with Gasteiger partial charge in [0.25, 0.3) is 0 Å². The smallest absolute Gasteiger partial charge is 0.226 e. The lowest BCUT2D eigenvalue weighted by molar-refractivity contribution is 0.391. The van der Waals surface area contributed by atoms with Crippen LogP contribution >= 0.6 is 11.6 Å². The van der Waals surface area contributed by atoms with Crippen LogP contribution in [0.1, 0.15) is 23.7 Å². The molecule has 9 heteroatoms. The van der Waals surface area contributed by atoms with E-state index in [1.165, 1.54) is 0 Å². The number of anilines is 1. The second-order valence-corrected chi connectivity index (χ2v) is 7.30. The van der Waals surface area contributed by atoms with Crippen molar-refractivity contribution >= 4 is 34.1 Å². The van der Waals surface area contributed by atoms with Gasteiger partial charge >= 0.3 is 0 Å². The summed E-state index contributed by atoms with van der Waals surface area (Å²) in [6, 6.07) is 11.4. The van der Waals surface area contributed by atoms with E-state index in [2.05, 4.69) is 15.4 Å². The lowest BCUT2D eigenvalue weighted by Gasteiger charge is -2.13. The lowest BCUT2D eigenvalue weighted by atomic mass is 10.2. The van der Waals surface area contributed by atoms with Gasteiger partial charge in [0.05, 0.1) is 26.7 Å². The van der Waals surface area contributed by atoms with Crippen LogP contribution in [0.15, 0.2) is 36.4 Å². The van der Waals surface area contributed by atoms with Crippen LogP contribution in [-0.2, 0) is 6.54 Å². The van der Waals surface area contributed by atoms with Crippen molar-refractivity contribution in [1.82, 2.24) is 19.6 Å². The molecule has 0 aliphatic heterocycles. The number of aromatic nitrogens is 4. The summed E-state index contributed by atoms with van der Waals surface area (Å²) in [7, 11) is 4.86. The Kier molecular flexibility index (Phi) is 5.50. The molecule has 30 heavy (non-hydrogen) atoms. The number of alkyl halides is 1. The van der Waals surface area contributed by atoms with Gasteiger partial charge in [-0.2, -0.15) is 4.52 Å². The van der Waals surface area contributed by atoms with Crippen LogP contribution in [0, 0.1) is 0 Å². The van der Waals surface area contributed by atoms with E-state index in [0.29, 0.717) is 41.0 Å². The van der Waals surface area contributed by atoms with Gasteiger partial charge in [0.2, 0.25) is 5.95 Å². The minimum Gasteiger partial charge on any atom is -0.497 e. The number of nitrogens with zero attached hydrogens (tertiary/aromatic N) is 4. The molecule has 1 N–H and O–H groups in total. The maximum atomic E-state index is 6.25. The summed E-state index contributed by atoms with van der Waals surface area (Å²) in [4.78, 5) is 9.40. The number of nitrogens with one attached hydrogen (secondary N) is 1. The van der Waals surface area contributed by atoms with Crippen LogP contribution in [-0.4, -0.2) is 40.9 Å². The zero-order chi connectivity index (χ0) is 21.3. The van der Waals surface area contributed by atoms with Crippen molar-refractivity contribution in [2.75, 3.05) is 26.6 Å². The second kappa shape index (κ2) is 8.23. The Morgan fingerprint density at radius 3 is 2.53 bits per heavy atom. The van der Waals surface area contributed by atoms with Gasteiger partial charge in [-0.05, 0) is 31.2 Å². The fourth-order valence-electron chi connectivity index (χ4n) is 3.24. The average molecular weight is 428 g/mol. The van der Waals surface area contributed by atoms with Gasteiger partial charge < -0.3 is 19.5 Å². The minimum absolute atomic E-state index is 0.333. The Balaban J connectivity index is 1.81. The largest absolute Gasteiger partial charge is 0.497 e. The van der Waals surface area contributed by atoms with Crippen molar-refractivity contribution in [3.05, 3.63) is 47.8 Å². The SMILES string of the molecule is COc1ccc(CNc2nc3c(OC)cccc3c3nc(C(C)Cl)nn23)c(OC)c1. The van der Waals surface area contributed by atoms with Crippen molar-refractivity contribution in [3.8, 4) is 17.2 Å². The standard InChI is InChI=1S/C21H22ClN5O3/c1-12(22)19-25-20-15-6-5-7-16(29-3)18(15)24-21(27(20)26-19)23-11-13-8-9-14(28-2)10-17(13)30-4/h5-10,12H,11H2,1-4H3,(H,23,24). The monoisotopic (exact) mass is 427 g/mol. The predicted octanol–water partition coefficient (Wildman–Crippen LogP) is 4.22. The molecule has 2 heterocycles. The van der Waals surface area contributed by atoms with Crippen molar-refractivity contribution in [1.29, 1.82) is 0 Å². The molecule has 0 spiro atoms. The highest BCUT2D eigenvalue weighted by atomic mass is 35.5. The molecule has 0 saturated heterocycles. The molecule has 4 aromatic rings. The molecule has 1 unspecified atom stereocenters. The maximum Gasteiger partial charge on any atom is 0.226 e. The molecule has 8 nitrogen and oxygen atoms in total. The van der Waals surface area contributed by atoms with Crippen molar-refractivity contribution in [2.24, 2.45) is 0 Å². The molecule has 1 atom stereocenters. The Morgan fingerprint density at radius 1 is 1.03 bits per heavy atom. The van der Waals surface area contributed by atoms with Crippen LogP contribution in [0.5, 0.6) is 17.2 Å². The van der Waals surface area contributed by atoms with Gasteiger partial charge in [-0.15, -0.1) is 16.7 Å². The van der Waals surface area contributed by atoms with Crippen molar-refractivity contribution in [2.45, 2.75) is 18.8 Å². The lowest BCUT2D eigenvalue weighted by Crippen LogP contribution is -2.09. The summed E-state index contributed by atoms with van der Waals surface area (Å²) in [6.45, 7) is 2.30. The van der Waals surface area contributed by atoms with E-state index < -0.39 is 0 Å². The normalized spacial score (nSPS) is 12.2. The summed E-state index contributed by atoms with van der Waals surface area (Å²) < 4.78 is 17.9. The molecule has 0 aliphatic carbocycles. The van der Waals surface area contributed by atoms with E-state index in [1.807, 2.05) is 43.3 Å². The number of hydrogen-bond acceptors (Lipinski definition) is 7. The fourth-order valence-corrected chi connectivity index (χ4v) is 3.33. The zero-order valence-electron chi connectivity index (χ0n) is 17.1. The Hall–Kier alpha value is -3.26. The highest BCUT2D eigenvalue weighted by Gasteiger charge is 2.18. The first-order valence-electron chi connectivity index (χ1n) is 9.38. The molecular weight excluding hydrogens is 406 g/mol. The van der Waals surface area contributed by atoms with Crippen molar-refractivity contribution < 1.29 is 14.2 Å². The van der Waals surface area contributed by atoms with Gasteiger partial charge in [0, 0.05) is 23.6 Å². The third-order valence-corrected chi connectivity index (χ3v) is 4.98. The molecule has 2 aromatic heterocycles. The highest BCUT2D eigenvalue weighted by molar-refractivity contribution is 6.20. The Morgan fingerprint density at radius 2 is 1.83 bits per heavy atom. The first kappa shape index (κ1) is 20.0. The van der Waals surface area contributed by atoms with E-state index in [1.54, 1.807) is 25.8 Å². The molecule has 0 aliphatic rings. The molecule has 0 radical (unpaired) electrons. The van der Waals surface area contributed by atoms with Gasteiger partial charge in [-0.25, -0.2) is 9.97 Å². The highest BCUT2D eigenvalue weighted by Crippen LogP contribution is 2.30. The summed E-state index contributed by atoms with van der Waals surface area (Å²) in [5.41, 5.74) is 2.29. The number of benzene rings is 2. The third kappa shape index (κ3) is 3.54. The number of halogens is 1. The number of hydrogen-bond donors (Lipinski definition) is 1. The van der Waals surface area contributed by atoms with Gasteiger partial charge in [-0.1, -0.05) is 6.07 Å². The topological polar surface area (TPSA) is 82.8 Å². The van der Waals surface area contributed by atoms with E-state index >= 15 is 0 Å².